The van der Waals surface area contributed by atoms with Crippen molar-refractivity contribution in [2.45, 2.75) is 6.42 Å². The van der Waals surface area contributed by atoms with Gasteiger partial charge in [0.15, 0.2) is 0 Å². The lowest BCUT2D eigenvalue weighted by atomic mass is 10.1. The van der Waals surface area contributed by atoms with E-state index in [1.54, 1.807) is 23.6 Å². The van der Waals surface area contributed by atoms with Crippen LogP contribution in [0.4, 0.5) is 9.52 Å². The van der Waals surface area contributed by atoms with Gasteiger partial charge in [-0.25, -0.2) is 9.37 Å². The molecule has 2 aromatic heterocycles. The Balaban J connectivity index is 1.71. The summed E-state index contributed by atoms with van der Waals surface area (Å²) in [5, 5.41) is 12.7. The Morgan fingerprint density at radius 2 is 2.14 bits per heavy atom. The minimum atomic E-state index is -0.345. The van der Waals surface area contributed by atoms with E-state index in [0.29, 0.717) is 27.8 Å². The van der Waals surface area contributed by atoms with Gasteiger partial charge < -0.3 is 0 Å². The van der Waals surface area contributed by atoms with E-state index >= 15 is 0 Å². The third-order valence-electron chi connectivity index (χ3n) is 2.66. The Morgan fingerprint density at radius 1 is 1.29 bits per heavy atom. The largest absolute Gasteiger partial charge is 0.295 e. The first-order valence-electron chi connectivity index (χ1n) is 5.97. The molecule has 0 aliphatic rings. The number of hydrogen-bond acceptors (Lipinski definition) is 6. The Morgan fingerprint density at radius 3 is 2.90 bits per heavy atom. The second-order valence-electron chi connectivity index (χ2n) is 4.09. The number of halogens is 1. The van der Waals surface area contributed by atoms with Crippen LogP contribution in [0.15, 0.2) is 35.2 Å². The van der Waals surface area contributed by atoms with Crippen LogP contribution in [0.1, 0.15) is 21.1 Å². The molecule has 0 unspecified atom stereocenters. The van der Waals surface area contributed by atoms with E-state index in [2.05, 4.69) is 20.5 Å². The highest BCUT2D eigenvalue weighted by Gasteiger charge is 2.13. The summed E-state index contributed by atoms with van der Waals surface area (Å²) in [6.07, 6.45) is 0.365. The van der Waals surface area contributed by atoms with Gasteiger partial charge in [0.2, 0.25) is 5.13 Å². The van der Waals surface area contributed by atoms with Gasteiger partial charge in [-0.15, -0.1) is 21.5 Å². The number of amides is 1. The predicted octanol–water partition coefficient (Wildman–Crippen LogP) is 2.98. The third-order valence-corrected chi connectivity index (χ3v) is 4.12. The van der Waals surface area contributed by atoms with Crippen LogP contribution < -0.4 is 5.32 Å². The number of hydrogen-bond donors (Lipinski definition) is 1. The molecule has 0 spiro atoms. The molecule has 0 bridgehead atoms. The standard InChI is InChI=1S/C13H9FN4OS2/c14-9-4-2-1-3-8(9)5-11-16-10(6-20-11)12(19)17-13-18-15-7-21-13/h1-4,6-7H,5H2,(H,17,18,19). The van der Waals surface area contributed by atoms with Crippen molar-refractivity contribution in [2.24, 2.45) is 0 Å². The molecule has 0 fully saturated rings. The van der Waals surface area contributed by atoms with Gasteiger partial charge >= 0.3 is 0 Å². The number of anilines is 1. The Labute approximate surface area is 127 Å². The van der Waals surface area contributed by atoms with E-state index < -0.39 is 0 Å². The number of carbonyl (C=O) groups is 1. The number of nitrogens with zero attached hydrogens (tertiary/aromatic N) is 3. The van der Waals surface area contributed by atoms with Gasteiger partial charge in [-0.05, 0) is 11.6 Å². The molecule has 0 aliphatic carbocycles. The zero-order valence-corrected chi connectivity index (χ0v) is 12.2. The van der Waals surface area contributed by atoms with Crippen molar-refractivity contribution in [1.29, 1.82) is 0 Å². The third kappa shape index (κ3) is 3.29. The van der Waals surface area contributed by atoms with Gasteiger partial charge in [-0.1, -0.05) is 29.5 Å². The van der Waals surface area contributed by atoms with Crippen LogP contribution >= 0.6 is 22.7 Å². The second kappa shape index (κ2) is 6.06. The van der Waals surface area contributed by atoms with Crippen molar-refractivity contribution in [1.82, 2.24) is 15.2 Å². The van der Waals surface area contributed by atoms with Gasteiger partial charge in [0.05, 0.1) is 5.01 Å². The number of carbonyl (C=O) groups excluding carboxylic acids is 1. The number of benzene rings is 1. The average molecular weight is 320 g/mol. The molecule has 1 N–H and O–H groups in total. The number of thiazole rings is 1. The lowest BCUT2D eigenvalue weighted by Crippen LogP contribution is -2.12. The monoisotopic (exact) mass is 320 g/mol. The summed E-state index contributed by atoms with van der Waals surface area (Å²) in [4.78, 5) is 16.2. The van der Waals surface area contributed by atoms with Gasteiger partial charge in [-0.3, -0.25) is 10.1 Å². The summed E-state index contributed by atoms with van der Waals surface area (Å²) < 4.78 is 13.6. The number of nitrogens with one attached hydrogen (secondary N) is 1. The van der Waals surface area contributed by atoms with Crippen LogP contribution in [0.25, 0.3) is 0 Å². The number of aromatic nitrogens is 3. The maximum atomic E-state index is 13.6. The lowest BCUT2D eigenvalue weighted by molar-refractivity contribution is 0.102. The molecule has 2 heterocycles. The van der Waals surface area contributed by atoms with Crippen LogP contribution in [0.5, 0.6) is 0 Å². The molecule has 21 heavy (non-hydrogen) atoms. The summed E-state index contributed by atoms with van der Waals surface area (Å²) in [5.74, 6) is -0.615. The molecule has 1 amide bonds. The molecular formula is C13H9FN4OS2. The highest BCUT2D eigenvalue weighted by atomic mass is 32.1. The van der Waals surface area contributed by atoms with Crippen molar-refractivity contribution in [3.8, 4) is 0 Å². The van der Waals surface area contributed by atoms with Crippen LogP contribution in [-0.4, -0.2) is 21.1 Å². The highest BCUT2D eigenvalue weighted by molar-refractivity contribution is 7.13. The van der Waals surface area contributed by atoms with E-state index in [1.165, 1.54) is 34.3 Å². The van der Waals surface area contributed by atoms with Gasteiger partial charge in [0, 0.05) is 11.8 Å². The molecule has 0 atom stereocenters. The van der Waals surface area contributed by atoms with Crippen molar-refractivity contribution < 1.29 is 9.18 Å². The quantitative estimate of drug-likeness (QED) is 0.802. The van der Waals surface area contributed by atoms with Crippen LogP contribution in [-0.2, 0) is 6.42 Å². The van der Waals surface area contributed by atoms with Gasteiger partial charge in [-0.2, -0.15) is 0 Å². The van der Waals surface area contributed by atoms with Crippen molar-refractivity contribution in [3.05, 3.63) is 57.2 Å². The first-order valence-corrected chi connectivity index (χ1v) is 7.73. The predicted molar refractivity (Wildman–Crippen MR) is 79.2 cm³/mol. The highest BCUT2D eigenvalue weighted by Crippen LogP contribution is 2.18. The fourth-order valence-corrected chi connectivity index (χ4v) is 2.93. The summed E-state index contributed by atoms with van der Waals surface area (Å²) in [5.41, 5.74) is 2.38. The molecular weight excluding hydrogens is 311 g/mol. The smallest absolute Gasteiger partial charge is 0.276 e. The Bertz CT molecular complexity index is 757. The second-order valence-corrected chi connectivity index (χ2v) is 5.87. The Kier molecular flexibility index (Phi) is 3.98. The first kappa shape index (κ1) is 13.8. The summed E-state index contributed by atoms with van der Waals surface area (Å²) in [6.45, 7) is 0. The van der Waals surface area contributed by atoms with E-state index in [0.717, 1.165) is 0 Å². The number of rotatable bonds is 4. The molecule has 8 heteroatoms. The molecule has 0 radical (unpaired) electrons. The fraction of sp³-hybridized carbons (Fsp3) is 0.0769. The molecule has 1 aromatic carbocycles. The normalized spacial score (nSPS) is 10.5. The van der Waals surface area contributed by atoms with Crippen LogP contribution in [0.2, 0.25) is 0 Å². The maximum absolute atomic E-state index is 13.6. The molecule has 0 aliphatic heterocycles. The minimum Gasteiger partial charge on any atom is -0.295 e. The van der Waals surface area contributed by atoms with Crippen LogP contribution in [0, 0.1) is 5.82 Å². The average Bonchev–Trinajstić information content (AvgIpc) is 3.13. The van der Waals surface area contributed by atoms with Crippen molar-refractivity contribution in [2.75, 3.05) is 5.32 Å². The molecule has 5 nitrogen and oxygen atoms in total. The summed E-state index contributed by atoms with van der Waals surface area (Å²) in [6, 6.07) is 6.53. The SMILES string of the molecule is O=C(Nc1nncs1)c1csc(Cc2ccccc2F)n1. The summed E-state index contributed by atoms with van der Waals surface area (Å²) in [7, 11) is 0. The zero-order valence-electron chi connectivity index (χ0n) is 10.6. The minimum absolute atomic E-state index is 0.271. The lowest BCUT2D eigenvalue weighted by Gasteiger charge is -1.99. The summed E-state index contributed by atoms with van der Waals surface area (Å²) >= 11 is 2.55. The van der Waals surface area contributed by atoms with Gasteiger partial charge in [0.25, 0.3) is 5.91 Å². The molecule has 0 saturated carbocycles. The van der Waals surface area contributed by atoms with Crippen molar-refractivity contribution in [3.63, 3.8) is 0 Å². The van der Waals surface area contributed by atoms with Gasteiger partial charge in [0.1, 0.15) is 17.0 Å². The van der Waals surface area contributed by atoms with E-state index in [4.69, 9.17) is 0 Å². The Hall–Kier alpha value is -2.19. The molecule has 0 saturated heterocycles. The zero-order chi connectivity index (χ0) is 14.7. The van der Waals surface area contributed by atoms with Crippen LogP contribution in [0.3, 0.4) is 0 Å². The topological polar surface area (TPSA) is 67.8 Å². The first-order chi connectivity index (χ1) is 10.2. The van der Waals surface area contributed by atoms with E-state index in [-0.39, 0.29) is 11.7 Å². The molecule has 3 rings (SSSR count). The van der Waals surface area contributed by atoms with Crippen molar-refractivity contribution >= 4 is 33.7 Å². The van der Waals surface area contributed by atoms with E-state index in [1.807, 2.05) is 0 Å². The molecule has 3 aromatic rings. The van der Waals surface area contributed by atoms with E-state index in [9.17, 15) is 9.18 Å². The maximum Gasteiger partial charge on any atom is 0.276 e. The molecule has 106 valence electrons. The fourth-order valence-electron chi connectivity index (χ4n) is 1.69.